The van der Waals surface area contributed by atoms with Crippen LogP contribution in [0.1, 0.15) is 31.5 Å². The van der Waals surface area contributed by atoms with Gasteiger partial charge in [-0.1, -0.05) is 5.16 Å². The average molecular weight is 436 g/mol. The summed E-state index contributed by atoms with van der Waals surface area (Å²) >= 11 is 0. The molecule has 0 N–H and O–H groups in total. The van der Waals surface area contributed by atoms with Crippen LogP contribution in [-0.4, -0.2) is 61.6 Å². The fourth-order valence-corrected chi connectivity index (χ4v) is 3.87. The normalized spacial score (nSPS) is 17.8. The van der Waals surface area contributed by atoms with Gasteiger partial charge in [-0.2, -0.15) is 4.98 Å². The monoisotopic (exact) mass is 435 g/mol. The van der Waals surface area contributed by atoms with E-state index in [4.69, 9.17) is 14.0 Å². The van der Waals surface area contributed by atoms with Crippen molar-refractivity contribution in [1.82, 2.24) is 15.0 Å². The Morgan fingerprint density at radius 1 is 1.17 bits per heavy atom. The van der Waals surface area contributed by atoms with Gasteiger partial charge in [0.1, 0.15) is 6.61 Å². The Labute approximate surface area is 175 Å². The summed E-state index contributed by atoms with van der Waals surface area (Å²) in [5.41, 5.74) is 0.638. The van der Waals surface area contributed by atoms with E-state index in [0.29, 0.717) is 42.9 Å². The molecule has 2 heterocycles. The lowest BCUT2D eigenvalue weighted by molar-refractivity contribution is -0.00661. The lowest BCUT2D eigenvalue weighted by Gasteiger charge is -2.31. The number of sulfone groups is 1. The number of rotatable bonds is 7. The minimum atomic E-state index is -3.25. The Kier molecular flexibility index (Phi) is 6.05. The van der Waals surface area contributed by atoms with Gasteiger partial charge >= 0.3 is 6.09 Å². The van der Waals surface area contributed by atoms with Crippen LogP contribution in [0.25, 0.3) is 11.5 Å². The van der Waals surface area contributed by atoms with Gasteiger partial charge in [0.25, 0.3) is 5.89 Å². The number of piperidine rings is 1. The largest absolute Gasteiger partial charge is 0.449 e. The Hall–Kier alpha value is -2.46. The third-order valence-corrected chi connectivity index (χ3v) is 6.41. The van der Waals surface area contributed by atoms with E-state index >= 15 is 0 Å². The molecule has 1 amide bonds. The van der Waals surface area contributed by atoms with Gasteiger partial charge in [0.05, 0.1) is 17.6 Å². The first kappa shape index (κ1) is 20.8. The first-order valence-electron chi connectivity index (χ1n) is 10.0. The van der Waals surface area contributed by atoms with Crippen molar-refractivity contribution in [2.24, 2.45) is 5.92 Å². The number of carbonyl (C=O) groups is 1. The van der Waals surface area contributed by atoms with Crippen LogP contribution in [0.4, 0.5) is 4.79 Å². The van der Waals surface area contributed by atoms with E-state index in [1.165, 1.54) is 12.1 Å². The topological polar surface area (TPSA) is 112 Å². The molecule has 1 saturated carbocycles. The summed E-state index contributed by atoms with van der Waals surface area (Å²) in [7, 11) is -3.25. The van der Waals surface area contributed by atoms with E-state index in [2.05, 4.69) is 10.1 Å². The number of benzene rings is 1. The number of hydrogen-bond acceptors (Lipinski definition) is 8. The molecule has 2 fully saturated rings. The van der Waals surface area contributed by atoms with Crippen molar-refractivity contribution >= 4 is 15.9 Å². The predicted octanol–water partition coefficient (Wildman–Crippen LogP) is 2.67. The second-order valence-corrected chi connectivity index (χ2v) is 9.85. The van der Waals surface area contributed by atoms with Crippen LogP contribution in [0.2, 0.25) is 0 Å². The van der Waals surface area contributed by atoms with Crippen molar-refractivity contribution in [3.63, 3.8) is 0 Å². The summed E-state index contributed by atoms with van der Waals surface area (Å²) in [6.45, 7) is 1.96. The van der Waals surface area contributed by atoms with Crippen LogP contribution >= 0.6 is 0 Å². The molecule has 2 aliphatic rings. The third kappa shape index (κ3) is 5.37. The molecule has 1 aromatic heterocycles. The van der Waals surface area contributed by atoms with Crippen molar-refractivity contribution in [2.75, 3.05) is 26.0 Å². The van der Waals surface area contributed by atoms with Crippen LogP contribution in [-0.2, 0) is 25.9 Å². The van der Waals surface area contributed by atoms with Gasteiger partial charge in [-0.05, 0) is 55.9 Å². The van der Waals surface area contributed by atoms with E-state index in [-0.39, 0.29) is 23.7 Å². The lowest BCUT2D eigenvalue weighted by atomic mass is 10.1. The van der Waals surface area contributed by atoms with Crippen molar-refractivity contribution < 1.29 is 27.2 Å². The third-order valence-electron chi connectivity index (χ3n) is 5.29. The number of amides is 1. The molecule has 0 unspecified atom stereocenters. The van der Waals surface area contributed by atoms with E-state index < -0.39 is 9.84 Å². The first-order chi connectivity index (χ1) is 14.4. The van der Waals surface area contributed by atoms with Crippen LogP contribution in [0.15, 0.2) is 33.7 Å². The minimum absolute atomic E-state index is 0.0217. The molecule has 162 valence electrons. The van der Waals surface area contributed by atoms with Crippen LogP contribution in [0, 0.1) is 5.92 Å². The maximum Gasteiger partial charge on any atom is 0.409 e. The van der Waals surface area contributed by atoms with Gasteiger partial charge in [0.15, 0.2) is 15.7 Å². The van der Waals surface area contributed by atoms with Crippen LogP contribution in [0.5, 0.6) is 0 Å². The van der Waals surface area contributed by atoms with E-state index in [9.17, 15) is 13.2 Å². The Bertz CT molecular complexity index is 976. The molecule has 9 nitrogen and oxygen atoms in total. The zero-order valence-electron chi connectivity index (χ0n) is 16.8. The maximum absolute atomic E-state index is 12.0. The average Bonchev–Trinajstić information content (AvgIpc) is 3.45. The molecule has 10 heteroatoms. The highest BCUT2D eigenvalue weighted by Crippen LogP contribution is 2.29. The van der Waals surface area contributed by atoms with Gasteiger partial charge < -0.3 is 18.9 Å². The highest BCUT2D eigenvalue weighted by atomic mass is 32.2. The second-order valence-electron chi connectivity index (χ2n) is 7.83. The standard InChI is InChI=1S/C20H25N3O6S/c1-30(25,26)17-6-4-15(5-7-17)19-21-18(22-29-19)13-27-16-8-10-23(11-9-16)20(24)28-12-14-2-3-14/h4-7,14,16H,2-3,8-13H2,1H3. The minimum Gasteiger partial charge on any atom is -0.449 e. The summed E-state index contributed by atoms with van der Waals surface area (Å²) in [5.74, 6) is 1.29. The van der Waals surface area contributed by atoms with Gasteiger partial charge in [0, 0.05) is 24.9 Å². The second kappa shape index (κ2) is 8.73. The highest BCUT2D eigenvalue weighted by molar-refractivity contribution is 7.90. The fraction of sp³-hybridized carbons (Fsp3) is 0.550. The summed E-state index contributed by atoms with van der Waals surface area (Å²) in [5, 5.41) is 3.92. The summed E-state index contributed by atoms with van der Waals surface area (Å²) < 4.78 is 39.5. The summed E-state index contributed by atoms with van der Waals surface area (Å²) in [6, 6.07) is 6.28. The molecule has 2 aromatic rings. The molecule has 0 radical (unpaired) electrons. The van der Waals surface area contributed by atoms with E-state index in [1.807, 2.05) is 0 Å². The number of nitrogens with zero attached hydrogens (tertiary/aromatic N) is 3. The van der Waals surface area contributed by atoms with Gasteiger partial charge in [-0.3, -0.25) is 0 Å². The molecule has 1 aromatic carbocycles. The van der Waals surface area contributed by atoms with Gasteiger partial charge in [0.2, 0.25) is 0 Å². The van der Waals surface area contributed by atoms with Crippen LogP contribution < -0.4 is 0 Å². The van der Waals surface area contributed by atoms with Crippen molar-refractivity contribution in [2.45, 2.75) is 43.3 Å². The number of carbonyl (C=O) groups excluding carboxylic acids is 1. The zero-order chi connectivity index (χ0) is 21.1. The first-order valence-corrected chi connectivity index (χ1v) is 11.9. The van der Waals surface area contributed by atoms with Crippen molar-refractivity contribution in [3.8, 4) is 11.5 Å². The zero-order valence-corrected chi connectivity index (χ0v) is 17.6. The van der Waals surface area contributed by atoms with Crippen molar-refractivity contribution in [1.29, 1.82) is 0 Å². The van der Waals surface area contributed by atoms with E-state index in [1.54, 1.807) is 17.0 Å². The maximum atomic E-state index is 12.0. The molecule has 30 heavy (non-hydrogen) atoms. The number of hydrogen-bond donors (Lipinski definition) is 0. The predicted molar refractivity (Wildman–Crippen MR) is 106 cm³/mol. The van der Waals surface area contributed by atoms with Crippen molar-refractivity contribution in [3.05, 3.63) is 30.1 Å². The Morgan fingerprint density at radius 3 is 2.50 bits per heavy atom. The summed E-state index contributed by atoms with van der Waals surface area (Å²) in [4.78, 5) is 18.3. The van der Waals surface area contributed by atoms with Crippen LogP contribution in [0.3, 0.4) is 0 Å². The SMILES string of the molecule is CS(=O)(=O)c1ccc(-c2nc(COC3CCN(C(=O)OCC4CC4)CC3)no2)cc1. The molecule has 1 aliphatic carbocycles. The molecular weight excluding hydrogens is 410 g/mol. The smallest absolute Gasteiger partial charge is 0.409 e. The molecule has 0 atom stereocenters. The van der Waals surface area contributed by atoms with Gasteiger partial charge in [-0.15, -0.1) is 0 Å². The molecule has 1 aliphatic heterocycles. The fourth-order valence-electron chi connectivity index (χ4n) is 3.24. The Morgan fingerprint density at radius 2 is 1.87 bits per heavy atom. The lowest BCUT2D eigenvalue weighted by Crippen LogP contribution is -2.41. The molecule has 0 spiro atoms. The highest BCUT2D eigenvalue weighted by Gasteiger charge is 2.27. The van der Waals surface area contributed by atoms with E-state index in [0.717, 1.165) is 31.9 Å². The number of aromatic nitrogens is 2. The number of likely N-dealkylation sites (tertiary alicyclic amines) is 1. The molecular formula is C20H25N3O6S. The summed E-state index contributed by atoms with van der Waals surface area (Å²) in [6.07, 6.45) is 4.73. The Balaban J connectivity index is 1.23. The molecule has 1 saturated heterocycles. The van der Waals surface area contributed by atoms with Gasteiger partial charge in [-0.25, -0.2) is 13.2 Å². The quantitative estimate of drug-likeness (QED) is 0.652. The molecule has 0 bridgehead atoms. The number of ether oxygens (including phenoxy) is 2. The molecule has 4 rings (SSSR count).